The summed E-state index contributed by atoms with van der Waals surface area (Å²) in [5.74, 6) is 0.952. The molecule has 1 rings (SSSR count). The van der Waals surface area contributed by atoms with Crippen molar-refractivity contribution in [3.63, 3.8) is 0 Å². The molecule has 78 valence electrons. The molecule has 0 saturated heterocycles. The summed E-state index contributed by atoms with van der Waals surface area (Å²) in [7, 11) is 0. The molecule has 1 atom stereocenters. The van der Waals surface area contributed by atoms with Crippen molar-refractivity contribution in [2.24, 2.45) is 11.3 Å². The van der Waals surface area contributed by atoms with Crippen LogP contribution in [0.5, 0.6) is 0 Å². The van der Waals surface area contributed by atoms with E-state index in [2.05, 4.69) is 36.7 Å². The van der Waals surface area contributed by atoms with Gasteiger partial charge in [0.1, 0.15) is 0 Å². The van der Waals surface area contributed by atoms with Gasteiger partial charge in [0.15, 0.2) is 0 Å². The second-order valence-electron chi connectivity index (χ2n) is 5.31. The monoisotopic (exact) mass is 246 g/mol. The molecule has 1 aliphatic rings. The van der Waals surface area contributed by atoms with Crippen LogP contribution in [0.3, 0.4) is 0 Å². The van der Waals surface area contributed by atoms with Gasteiger partial charge in [-0.05, 0) is 43.4 Å². The molecule has 1 unspecified atom stereocenters. The van der Waals surface area contributed by atoms with Crippen LogP contribution in [0.25, 0.3) is 0 Å². The van der Waals surface area contributed by atoms with Crippen molar-refractivity contribution in [2.75, 3.05) is 0 Å². The highest BCUT2D eigenvalue weighted by molar-refractivity contribution is 9.09. The summed E-state index contributed by atoms with van der Waals surface area (Å²) < 4.78 is 0. The minimum absolute atomic E-state index is 0.620. The first kappa shape index (κ1) is 11.6. The van der Waals surface area contributed by atoms with E-state index in [1.807, 2.05) is 0 Å². The van der Waals surface area contributed by atoms with Gasteiger partial charge in [-0.1, -0.05) is 43.1 Å². The first-order valence-corrected chi connectivity index (χ1v) is 6.61. The number of alkyl halides is 1. The Morgan fingerprint density at radius 2 is 1.85 bits per heavy atom. The third-order valence-corrected chi connectivity index (χ3v) is 4.67. The highest BCUT2D eigenvalue weighted by Gasteiger charge is 2.29. The molecule has 1 heteroatoms. The molecule has 0 aromatic carbocycles. The van der Waals surface area contributed by atoms with Crippen LogP contribution in [0, 0.1) is 11.3 Å². The lowest BCUT2D eigenvalue weighted by atomic mass is 9.72. The minimum atomic E-state index is 0.620. The lowest BCUT2D eigenvalue weighted by molar-refractivity contribution is 0.188. The van der Waals surface area contributed by atoms with Crippen LogP contribution in [0.2, 0.25) is 0 Å². The van der Waals surface area contributed by atoms with Crippen LogP contribution in [-0.2, 0) is 0 Å². The summed E-state index contributed by atoms with van der Waals surface area (Å²) in [6, 6.07) is 0. The summed E-state index contributed by atoms with van der Waals surface area (Å²) in [5.41, 5.74) is 0.620. The summed E-state index contributed by atoms with van der Waals surface area (Å²) in [6.07, 6.45) is 8.37. The van der Waals surface area contributed by atoms with Crippen molar-refractivity contribution in [1.29, 1.82) is 0 Å². The van der Waals surface area contributed by atoms with Crippen LogP contribution >= 0.6 is 15.9 Å². The maximum atomic E-state index is 3.84. The van der Waals surface area contributed by atoms with Crippen molar-refractivity contribution in [1.82, 2.24) is 0 Å². The second kappa shape index (κ2) is 4.82. The number of hydrogen-bond acceptors (Lipinski definition) is 0. The Bertz CT molecular complexity index is 141. The molecule has 0 heterocycles. The van der Waals surface area contributed by atoms with Crippen LogP contribution in [-0.4, -0.2) is 4.83 Å². The Kier molecular flexibility index (Phi) is 4.28. The minimum Gasteiger partial charge on any atom is -0.0888 e. The second-order valence-corrected chi connectivity index (χ2v) is 6.48. The standard InChI is InChI=1S/C12H23Br/c1-4-5-11(13)10-6-8-12(2,3)9-7-10/h10-11H,4-9H2,1-3H3. The molecular formula is C12H23Br. The summed E-state index contributed by atoms with van der Waals surface area (Å²) in [4.78, 5) is 0.786. The molecule has 1 saturated carbocycles. The van der Waals surface area contributed by atoms with Gasteiger partial charge in [-0.2, -0.15) is 0 Å². The topological polar surface area (TPSA) is 0 Å². The highest BCUT2D eigenvalue weighted by Crippen LogP contribution is 2.41. The Hall–Kier alpha value is 0.480. The predicted molar refractivity (Wildman–Crippen MR) is 63.4 cm³/mol. The molecule has 0 aliphatic heterocycles. The van der Waals surface area contributed by atoms with E-state index in [9.17, 15) is 0 Å². The number of rotatable bonds is 3. The first-order valence-electron chi connectivity index (χ1n) is 5.69. The maximum Gasteiger partial charge on any atom is 0.0174 e. The lowest BCUT2D eigenvalue weighted by Crippen LogP contribution is -2.26. The van der Waals surface area contributed by atoms with E-state index in [1.165, 1.54) is 38.5 Å². The van der Waals surface area contributed by atoms with Gasteiger partial charge in [0.05, 0.1) is 0 Å². The fourth-order valence-electron chi connectivity index (χ4n) is 2.29. The largest absolute Gasteiger partial charge is 0.0888 e. The molecular weight excluding hydrogens is 224 g/mol. The molecule has 0 amide bonds. The Labute approximate surface area is 91.6 Å². The van der Waals surface area contributed by atoms with E-state index >= 15 is 0 Å². The Balaban J connectivity index is 2.32. The third-order valence-electron chi connectivity index (χ3n) is 3.46. The van der Waals surface area contributed by atoms with Crippen molar-refractivity contribution in [2.45, 2.75) is 64.1 Å². The van der Waals surface area contributed by atoms with Crippen LogP contribution < -0.4 is 0 Å². The molecule has 0 aromatic heterocycles. The highest BCUT2D eigenvalue weighted by atomic mass is 79.9. The van der Waals surface area contributed by atoms with E-state index in [4.69, 9.17) is 0 Å². The van der Waals surface area contributed by atoms with Gasteiger partial charge in [-0.3, -0.25) is 0 Å². The first-order chi connectivity index (χ1) is 6.05. The molecule has 0 N–H and O–H groups in total. The molecule has 13 heavy (non-hydrogen) atoms. The van der Waals surface area contributed by atoms with Gasteiger partial charge in [0.25, 0.3) is 0 Å². The predicted octanol–water partition coefficient (Wildman–Crippen LogP) is 4.77. The maximum absolute atomic E-state index is 3.84. The smallest absolute Gasteiger partial charge is 0.0174 e. The van der Waals surface area contributed by atoms with E-state index in [1.54, 1.807) is 0 Å². The van der Waals surface area contributed by atoms with E-state index in [-0.39, 0.29) is 0 Å². The zero-order valence-corrected chi connectivity index (χ0v) is 10.9. The zero-order chi connectivity index (χ0) is 9.90. The average molecular weight is 247 g/mol. The van der Waals surface area contributed by atoms with Crippen molar-refractivity contribution >= 4 is 15.9 Å². The molecule has 1 fully saturated rings. The van der Waals surface area contributed by atoms with Crippen molar-refractivity contribution in [3.05, 3.63) is 0 Å². The SMILES string of the molecule is CCCC(Br)C1CCC(C)(C)CC1. The van der Waals surface area contributed by atoms with E-state index in [0.717, 1.165) is 10.7 Å². The fourth-order valence-corrected chi connectivity index (χ4v) is 3.28. The summed E-state index contributed by atoms with van der Waals surface area (Å²) in [5, 5.41) is 0. The average Bonchev–Trinajstić information content (AvgIpc) is 2.04. The van der Waals surface area contributed by atoms with Crippen LogP contribution in [0.4, 0.5) is 0 Å². The van der Waals surface area contributed by atoms with Gasteiger partial charge in [0, 0.05) is 4.83 Å². The lowest BCUT2D eigenvalue weighted by Gasteiger charge is -2.36. The third kappa shape index (κ3) is 3.61. The zero-order valence-electron chi connectivity index (χ0n) is 9.28. The summed E-state index contributed by atoms with van der Waals surface area (Å²) in [6.45, 7) is 7.10. The number of hydrogen-bond donors (Lipinski definition) is 0. The van der Waals surface area contributed by atoms with Crippen LogP contribution in [0.1, 0.15) is 59.3 Å². The summed E-state index contributed by atoms with van der Waals surface area (Å²) >= 11 is 3.84. The van der Waals surface area contributed by atoms with Gasteiger partial charge >= 0.3 is 0 Å². The Morgan fingerprint density at radius 3 is 2.31 bits per heavy atom. The van der Waals surface area contributed by atoms with E-state index < -0.39 is 0 Å². The molecule has 0 radical (unpaired) electrons. The van der Waals surface area contributed by atoms with Gasteiger partial charge in [-0.15, -0.1) is 0 Å². The van der Waals surface area contributed by atoms with Crippen molar-refractivity contribution < 1.29 is 0 Å². The van der Waals surface area contributed by atoms with E-state index in [0.29, 0.717) is 5.41 Å². The Morgan fingerprint density at radius 1 is 1.31 bits per heavy atom. The molecule has 0 nitrogen and oxygen atoms in total. The fraction of sp³-hybridized carbons (Fsp3) is 1.00. The van der Waals surface area contributed by atoms with Gasteiger partial charge in [0.2, 0.25) is 0 Å². The van der Waals surface area contributed by atoms with Crippen LogP contribution in [0.15, 0.2) is 0 Å². The number of halogens is 1. The molecule has 1 aliphatic carbocycles. The van der Waals surface area contributed by atoms with Crippen molar-refractivity contribution in [3.8, 4) is 0 Å². The van der Waals surface area contributed by atoms with Gasteiger partial charge in [-0.25, -0.2) is 0 Å². The quantitative estimate of drug-likeness (QED) is 0.630. The molecule has 0 spiro atoms. The normalized spacial score (nSPS) is 25.8. The molecule has 0 bridgehead atoms. The molecule has 0 aromatic rings. The van der Waals surface area contributed by atoms with Gasteiger partial charge < -0.3 is 0 Å².